The van der Waals surface area contributed by atoms with E-state index >= 15 is 0 Å². The fourth-order valence-corrected chi connectivity index (χ4v) is 2.75. The molecule has 0 saturated carbocycles. The normalized spacial score (nSPS) is 27.8. The Hall–Kier alpha value is -0.0900. The van der Waals surface area contributed by atoms with Gasteiger partial charge in [-0.2, -0.15) is 0 Å². The lowest BCUT2D eigenvalue weighted by Crippen LogP contribution is -2.28. The molecule has 0 N–H and O–H groups in total. The minimum atomic E-state index is -2.94. The van der Waals surface area contributed by atoms with Gasteiger partial charge in [-0.3, -0.25) is 0 Å². The largest absolute Gasteiger partial charge is 0.213 e. The van der Waals surface area contributed by atoms with Crippen LogP contribution in [0, 0.1) is 11.8 Å². The Labute approximate surface area is 81.2 Å². The first kappa shape index (κ1) is 11.0. The smallest absolute Gasteiger partial charge is 0.211 e. The van der Waals surface area contributed by atoms with Crippen molar-refractivity contribution in [3.8, 4) is 0 Å². The summed E-state index contributed by atoms with van der Waals surface area (Å²) >= 11 is 0. The summed E-state index contributed by atoms with van der Waals surface area (Å²) in [5.41, 5.74) is 0. The molecule has 0 bridgehead atoms. The Morgan fingerprint density at radius 2 is 2.15 bits per heavy atom. The standard InChI is InChI=1S/C9H19NO2S/c1-4-8(2)9-5-6-10(7-9)13(3,11)12/h8-9H,4-7H2,1-3H3. The Kier molecular flexibility index (Phi) is 3.35. The predicted molar refractivity (Wildman–Crippen MR) is 54.0 cm³/mol. The zero-order valence-electron chi connectivity index (χ0n) is 8.66. The van der Waals surface area contributed by atoms with Crippen LogP contribution in [-0.2, 0) is 10.0 Å². The summed E-state index contributed by atoms with van der Waals surface area (Å²) in [5.74, 6) is 1.21. The lowest BCUT2D eigenvalue weighted by Gasteiger charge is -2.17. The molecule has 1 saturated heterocycles. The topological polar surface area (TPSA) is 37.4 Å². The van der Waals surface area contributed by atoms with E-state index in [-0.39, 0.29) is 0 Å². The van der Waals surface area contributed by atoms with E-state index in [1.807, 2.05) is 0 Å². The third-order valence-corrected chi connectivity index (χ3v) is 4.37. The SMILES string of the molecule is CCC(C)C1CCN(S(C)(=O)=O)C1. The summed E-state index contributed by atoms with van der Waals surface area (Å²) < 4.78 is 24.0. The van der Waals surface area contributed by atoms with Gasteiger partial charge in [-0.1, -0.05) is 20.3 Å². The van der Waals surface area contributed by atoms with Crippen LogP contribution in [0.2, 0.25) is 0 Å². The van der Waals surface area contributed by atoms with E-state index in [1.54, 1.807) is 4.31 Å². The van der Waals surface area contributed by atoms with Gasteiger partial charge in [0, 0.05) is 13.1 Å². The van der Waals surface area contributed by atoms with Gasteiger partial charge >= 0.3 is 0 Å². The molecule has 1 aliphatic heterocycles. The van der Waals surface area contributed by atoms with Gasteiger partial charge in [0.05, 0.1) is 6.26 Å². The molecule has 3 nitrogen and oxygen atoms in total. The molecule has 13 heavy (non-hydrogen) atoms. The molecular formula is C9H19NO2S. The van der Waals surface area contributed by atoms with Gasteiger partial charge < -0.3 is 0 Å². The minimum Gasteiger partial charge on any atom is -0.213 e. The van der Waals surface area contributed by atoms with Crippen LogP contribution >= 0.6 is 0 Å². The molecule has 0 amide bonds. The number of hydrogen-bond acceptors (Lipinski definition) is 2. The highest BCUT2D eigenvalue weighted by molar-refractivity contribution is 7.88. The second-order valence-electron chi connectivity index (χ2n) is 4.06. The Balaban J connectivity index is 2.55. The molecular weight excluding hydrogens is 186 g/mol. The molecule has 4 heteroatoms. The highest BCUT2D eigenvalue weighted by atomic mass is 32.2. The van der Waals surface area contributed by atoms with E-state index in [9.17, 15) is 8.42 Å². The van der Waals surface area contributed by atoms with Crippen molar-refractivity contribution in [2.75, 3.05) is 19.3 Å². The molecule has 1 rings (SSSR count). The van der Waals surface area contributed by atoms with Crippen molar-refractivity contribution in [3.63, 3.8) is 0 Å². The van der Waals surface area contributed by atoms with Gasteiger partial charge in [0.2, 0.25) is 10.0 Å². The van der Waals surface area contributed by atoms with Crippen molar-refractivity contribution in [3.05, 3.63) is 0 Å². The summed E-state index contributed by atoms with van der Waals surface area (Å²) in [5, 5.41) is 0. The fraction of sp³-hybridized carbons (Fsp3) is 1.00. The van der Waals surface area contributed by atoms with Crippen molar-refractivity contribution in [1.82, 2.24) is 4.31 Å². The number of hydrogen-bond donors (Lipinski definition) is 0. The van der Waals surface area contributed by atoms with Gasteiger partial charge in [-0.25, -0.2) is 12.7 Å². The molecule has 1 heterocycles. The van der Waals surface area contributed by atoms with E-state index in [0.29, 0.717) is 18.4 Å². The fourth-order valence-electron chi connectivity index (χ4n) is 1.85. The van der Waals surface area contributed by atoms with Gasteiger partial charge in [-0.15, -0.1) is 0 Å². The highest BCUT2D eigenvalue weighted by Gasteiger charge is 2.30. The number of sulfonamides is 1. The highest BCUT2D eigenvalue weighted by Crippen LogP contribution is 2.27. The lowest BCUT2D eigenvalue weighted by atomic mass is 9.91. The summed E-state index contributed by atoms with van der Waals surface area (Å²) in [6.07, 6.45) is 3.47. The Bertz CT molecular complexity index is 261. The van der Waals surface area contributed by atoms with Gasteiger partial charge in [0.25, 0.3) is 0 Å². The molecule has 0 radical (unpaired) electrons. The van der Waals surface area contributed by atoms with Crippen molar-refractivity contribution in [2.45, 2.75) is 26.7 Å². The third-order valence-electron chi connectivity index (χ3n) is 3.11. The van der Waals surface area contributed by atoms with Gasteiger partial charge in [0.1, 0.15) is 0 Å². The third kappa shape index (κ3) is 2.68. The Morgan fingerprint density at radius 3 is 2.54 bits per heavy atom. The minimum absolute atomic E-state index is 0.569. The van der Waals surface area contributed by atoms with E-state index in [0.717, 1.165) is 19.4 Å². The van der Waals surface area contributed by atoms with E-state index in [4.69, 9.17) is 0 Å². The van der Waals surface area contributed by atoms with Crippen molar-refractivity contribution >= 4 is 10.0 Å². The molecule has 1 fully saturated rings. The maximum absolute atomic E-state index is 11.2. The maximum atomic E-state index is 11.2. The van der Waals surface area contributed by atoms with Crippen LogP contribution in [0.25, 0.3) is 0 Å². The first-order chi connectivity index (χ1) is 5.95. The molecule has 0 aliphatic carbocycles. The molecule has 0 aromatic rings. The van der Waals surface area contributed by atoms with Crippen LogP contribution < -0.4 is 0 Å². The van der Waals surface area contributed by atoms with E-state index in [2.05, 4.69) is 13.8 Å². The van der Waals surface area contributed by atoms with Crippen molar-refractivity contribution in [2.24, 2.45) is 11.8 Å². The second-order valence-corrected chi connectivity index (χ2v) is 6.04. The molecule has 0 aromatic carbocycles. The second kappa shape index (κ2) is 3.96. The first-order valence-corrected chi connectivity index (χ1v) is 6.75. The van der Waals surface area contributed by atoms with Crippen LogP contribution in [0.3, 0.4) is 0 Å². The lowest BCUT2D eigenvalue weighted by molar-refractivity contribution is 0.357. The maximum Gasteiger partial charge on any atom is 0.211 e. The molecule has 0 aromatic heterocycles. The first-order valence-electron chi connectivity index (χ1n) is 4.90. The number of rotatable bonds is 3. The zero-order chi connectivity index (χ0) is 10.1. The van der Waals surface area contributed by atoms with Crippen LogP contribution in [0.15, 0.2) is 0 Å². The van der Waals surface area contributed by atoms with E-state index < -0.39 is 10.0 Å². The number of nitrogens with zero attached hydrogens (tertiary/aromatic N) is 1. The molecule has 2 unspecified atom stereocenters. The average molecular weight is 205 g/mol. The van der Waals surface area contributed by atoms with Crippen LogP contribution in [-0.4, -0.2) is 32.1 Å². The summed E-state index contributed by atoms with van der Waals surface area (Å²) in [6.45, 7) is 5.81. The Morgan fingerprint density at radius 1 is 1.54 bits per heavy atom. The van der Waals surface area contributed by atoms with Crippen LogP contribution in [0.5, 0.6) is 0 Å². The molecule has 1 aliphatic rings. The van der Waals surface area contributed by atoms with Crippen LogP contribution in [0.1, 0.15) is 26.7 Å². The van der Waals surface area contributed by atoms with Gasteiger partial charge in [0.15, 0.2) is 0 Å². The summed E-state index contributed by atoms with van der Waals surface area (Å²) in [6, 6.07) is 0. The average Bonchev–Trinajstić information content (AvgIpc) is 2.50. The molecule has 78 valence electrons. The van der Waals surface area contributed by atoms with E-state index in [1.165, 1.54) is 6.26 Å². The van der Waals surface area contributed by atoms with Crippen molar-refractivity contribution < 1.29 is 8.42 Å². The van der Waals surface area contributed by atoms with Crippen LogP contribution in [0.4, 0.5) is 0 Å². The molecule has 2 atom stereocenters. The predicted octanol–water partition coefficient (Wildman–Crippen LogP) is 1.31. The van der Waals surface area contributed by atoms with Crippen molar-refractivity contribution in [1.29, 1.82) is 0 Å². The zero-order valence-corrected chi connectivity index (χ0v) is 9.47. The molecule has 0 spiro atoms. The monoisotopic (exact) mass is 205 g/mol. The quantitative estimate of drug-likeness (QED) is 0.696. The van der Waals surface area contributed by atoms with Gasteiger partial charge in [-0.05, 0) is 18.3 Å². The summed E-state index contributed by atoms with van der Waals surface area (Å²) in [7, 11) is -2.94. The summed E-state index contributed by atoms with van der Waals surface area (Å²) in [4.78, 5) is 0.